The van der Waals surface area contributed by atoms with E-state index in [1.807, 2.05) is 36.1 Å². The van der Waals surface area contributed by atoms with Gasteiger partial charge in [0, 0.05) is 25.3 Å². The van der Waals surface area contributed by atoms with Gasteiger partial charge in [0.15, 0.2) is 0 Å². The van der Waals surface area contributed by atoms with E-state index in [1.54, 1.807) is 6.07 Å². The Morgan fingerprint density at radius 3 is 2.54 bits per heavy atom. The molecule has 6 nitrogen and oxygen atoms in total. The van der Waals surface area contributed by atoms with Gasteiger partial charge in [-0.3, -0.25) is 4.79 Å². The third kappa shape index (κ3) is 4.88. The summed E-state index contributed by atoms with van der Waals surface area (Å²) in [5.41, 5.74) is 2.54. The topological polar surface area (TPSA) is 74.6 Å². The Kier molecular flexibility index (Phi) is 5.94. The van der Waals surface area contributed by atoms with Crippen molar-refractivity contribution in [2.24, 2.45) is 5.92 Å². The number of benzene rings is 1. The highest BCUT2D eigenvalue weighted by Gasteiger charge is 2.22. The highest BCUT2D eigenvalue weighted by molar-refractivity contribution is 5.93. The number of carbonyl (C=O) groups is 2. The van der Waals surface area contributed by atoms with Crippen LogP contribution in [0, 0.1) is 12.8 Å². The first-order valence-corrected chi connectivity index (χ1v) is 9.05. The zero-order valence-electron chi connectivity index (χ0n) is 15.0. The lowest BCUT2D eigenvalue weighted by Gasteiger charge is -2.32. The minimum atomic E-state index is -0.103. The molecule has 1 aliphatic rings. The van der Waals surface area contributed by atoms with Gasteiger partial charge in [0.05, 0.1) is 11.8 Å². The summed E-state index contributed by atoms with van der Waals surface area (Å²) >= 11 is 0. The second kappa shape index (κ2) is 8.56. The molecule has 1 aromatic heterocycles. The summed E-state index contributed by atoms with van der Waals surface area (Å²) in [5.74, 6) is 0.428. The van der Waals surface area contributed by atoms with Crippen LogP contribution in [0.5, 0.6) is 0 Å². The van der Waals surface area contributed by atoms with E-state index in [-0.39, 0.29) is 11.9 Å². The van der Waals surface area contributed by atoms with E-state index in [0.29, 0.717) is 18.0 Å². The van der Waals surface area contributed by atoms with Gasteiger partial charge in [-0.05, 0) is 50.3 Å². The first-order chi connectivity index (χ1) is 12.6. The van der Waals surface area contributed by atoms with Crippen LogP contribution in [0.2, 0.25) is 0 Å². The molecule has 0 spiro atoms. The van der Waals surface area contributed by atoms with Crippen LogP contribution in [0.4, 0.5) is 10.5 Å². The van der Waals surface area contributed by atoms with Crippen LogP contribution < -0.4 is 10.6 Å². The largest absolute Gasteiger partial charge is 0.472 e. The molecular formula is C20H25N3O3. The number of hydrogen-bond acceptors (Lipinski definition) is 3. The first kappa shape index (κ1) is 18.0. The molecule has 1 fully saturated rings. The molecule has 6 heteroatoms. The van der Waals surface area contributed by atoms with Crippen molar-refractivity contribution >= 4 is 17.6 Å². The number of anilines is 1. The number of carbonyl (C=O) groups excluding carboxylic acids is 2. The predicted octanol–water partition coefficient (Wildman–Crippen LogP) is 3.65. The van der Waals surface area contributed by atoms with Gasteiger partial charge in [-0.2, -0.15) is 0 Å². The summed E-state index contributed by atoms with van der Waals surface area (Å²) in [4.78, 5) is 26.1. The minimum absolute atomic E-state index is 0.0411. The molecule has 0 unspecified atom stereocenters. The lowest BCUT2D eigenvalue weighted by atomic mass is 9.93. The van der Waals surface area contributed by atoms with Crippen LogP contribution in [0.25, 0.3) is 0 Å². The number of aryl methyl sites for hydroxylation is 1. The molecule has 1 saturated heterocycles. The minimum Gasteiger partial charge on any atom is -0.472 e. The fourth-order valence-corrected chi connectivity index (χ4v) is 3.15. The maximum atomic E-state index is 12.3. The third-order valence-corrected chi connectivity index (χ3v) is 4.83. The standard InChI is InChI=1S/C20H25N3O3/c1-15-2-4-18(5-3-15)22-20(25)23-11-7-16(8-12-23)6-10-21-19(24)17-9-13-26-14-17/h2-5,9,13-14,16H,6-8,10-12H2,1H3,(H,21,24)(H,22,25). The fraction of sp³-hybridized carbons (Fsp3) is 0.400. The SMILES string of the molecule is Cc1ccc(NC(=O)N2CCC(CCNC(=O)c3ccoc3)CC2)cc1. The zero-order chi connectivity index (χ0) is 18.4. The van der Waals surface area contributed by atoms with Crippen molar-refractivity contribution in [1.29, 1.82) is 0 Å². The molecule has 0 bridgehead atoms. The summed E-state index contributed by atoms with van der Waals surface area (Å²) < 4.78 is 4.91. The van der Waals surface area contributed by atoms with Gasteiger partial charge in [-0.1, -0.05) is 17.7 Å². The molecule has 0 saturated carbocycles. The highest BCUT2D eigenvalue weighted by atomic mass is 16.3. The Labute approximate surface area is 153 Å². The van der Waals surface area contributed by atoms with Crippen LogP contribution in [0.1, 0.15) is 35.2 Å². The molecule has 2 heterocycles. The number of nitrogens with zero attached hydrogens (tertiary/aromatic N) is 1. The van der Waals surface area contributed by atoms with Crippen LogP contribution in [-0.2, 0) is 0 Å². The summed E-state index contributed by atoms with van der Waals surface area (Å²) in [7, 11) is 0. The van der Waals surface area contributed by atoms with Crippen LogP contribution in [0.15, 0.2) is 47.3 Å². The molecule has 2 aromatic rings. The Morgan fingerprint density at radius 1 is 1.15 bits per heavy atom. The van der Waals surface area contributed by atoms with Gasteiger partial charge in [-0.25, -0.2) is 4.79 Å². The molecule has 1 aromatic carbocycles. The van der Waals surface area contributed by atoms with Gasteiger partial charge in [0.2, 0.25) is 0 Å². The average Bonchev–Trinajstić information content (AvgIpc) is 3.19. The predicted molar refractivity (Wildman–Crippen MR) is 100 cm³/mol. The van der Waals surface area contributed by atoms with E-state index in [9.17, 15) is 9.59 Å². The van der Waals surface area contributed by atoms with E-state index in [4.69, 9.17) is 4.42 Å². The lowest BCUT2D eigenvalue weighted by molar-refractivity contribution is 0.0949. The van der Waals surface area contributed by atoms with Crippen molar-refractivity contribution in [2.75, 3.05) is 25.0 Å². The summed E-state index contributed by atoms with van der Waals surface area (Å²) in [6, 6.07) is 9.42. The molecule has 0 atom stereocenters. The van der Waals surface area contributed by atoms with Crippen LogP contribution >= 0.6 is 0 Å². The maximum Gasteiger partial charge on any atom is 0.321 e. The fourth-order valence-electron chi connectivity index (χ4n) is 3.15. The van der Waals surface area contributed by atoms with Gasteiger partial charge < -0.3 is 20.0 Å². The van der Waals surface area contributed by atoms with E-state index in [1.165, 1.54) is 18.1 Å². The highest BCUT2D eigenvalue weighted by Crippen LogP contribution is 2.21. The smallest absolute Gasteiger partial charge is 0.321 e. The maximum absolute atomic E-state index is 12.3. The number of urea groups is 1. The number of rotatable bonds is 5. The zero-order valence-corrected chi connectivity index (χ0v) is 15.0. The van der Waals surface area contributed by atoms with E-state index < -0.39 is 0 Å². The second-order valence-electron chi connectivity index (χ2n) is 6.78. The van der Waals surface area contributed by atoms with Crippen LogP contribution in [-0.4, -0.2) is 36.5 Å². The number of hydrogen-bond donors (Lipinski definition) is 2. The van der Waals surface area contributed by atoms with Gasteiger partial charge in [0.25, 0.3) is 5.91 Å². The van der Waals surface area contributed by atoms with Gasteiger partial charge >= 0.3 is 6.03 Å². The molecule has 0 aliphatic carbocycles. The number of furan rings is 1. The molecule has 0 radical (unpaired) electrons. The third-order valence-electron chi connectivity index (χ3n) is 4.83. The first-order valence-electron chi connectivity index (χ1n) is 9.05. The summed E-state index contributed by atoms with van der Waals surface area (Å²) in [6.07, 6.45) is 5.79. The molecule has 2 N–H and O–H groups in total. The van der Waals surface area contributed by atoms with Gasteiger partial charge in [-0.15, -0.1) is 0 Å². The molecular weight excluding hydrogens is 330 g/mol. The van der Waals surface area contributed by atoms with Crippen molar-refractivity contribution in [3.8, 4) is 0 Å². The quantitative estimate of drug-likeness (QED) is 0.860. The van der Waals surface area contributed by atoms with Crippen molar-refractivity contribution < 1.29 is 14.0 Å². The second-order valence-corrected chi connectivity index (χ2v) is 6.78. The lowest BCUT2D eigenvalue weighted by Crippen LogP contribution is -2.41. The Balaban J connectivity index is 1.36. The monoisotopic (exact) mass is 355 g/mol. The van der Waals surface area contributed by atoms with Crippen molar-refractivity contribution in [3.63, 3.8) is 0 Å². The number of likely N-dealkylation sites (tertiary alicyclic amines) is 1. The summed E-state index contributed by atoms with van der Waals surface area (Å²) in [6.45, 7) is 4.16. The van der Waals surface area contributed by atoms with E-state index in [2.05, 4.69) is 10.6 Å². The van der Waals surface area contributed by atoms with Crippen molar-refractivity contribution in [1.82, 2.24) is 10.2 Å². The number of piperidine rings is 1. The van der Waals surface area contributed by atoms with Crippen molar-refractivity contribution in [3.05, 3.63) is 54.0 Å². The van der Waals surface area contributed by atoms with E-state index >= 15 is 0 Å². The molecule has 1 aliphatic heterocycles. The Bertz CT molecular complexity index is 717. The Hall–Kier alpha value is -2.76. The number of amides is 3. The van der Waals surface area contributed by atoms with Crippen LogP contribution in [0.3, 0.4) is 0 Å². The number of nitrogens with one attached hydrogen (secondary N) is 2. The van der Waals surface area contributed by atoms with Crippen molar-refractivity contribution in [2.45, 2.75) is 26.2 Å². The van der Waals surface area contributed by atoms with E-state index in [0.717, 1.165) is 38.0 Å². The molecule has 138 valence electrons. The molecule has 3 rings (SSSR count). The Morgan fingerprint density at radius 2 is 1.88 bits per heavy atom. The normalized spacial score (nSPS) is 14.9. The van der Waals surface area contributed by atoms with Gasteiger partial charge in [0.1, 0.15) is 6.26 Å². The molecule has 26 heavy (non-hydrogen) atoms. The average molecular weight is 355 g/mol. The molecule has 3 amide bonds. The summed E-state index contributed by atoms with van der Waals surface area (Å²) in [5, 5.41) is 5.86.